The maximum absolute atomic E-state index is 12.6. The lowest BCUT2D eigenvalue weighted by atomic mass is 10.2. The molecule has 162 valence electrons. The normalized spacial score (nSPS) is 14.7. The highest BCUT2D eigenvalue weighted by atomic mass is 32.2. The number of hydrogen-bond acceptors (Lipinski definition) is 7. The first-order valence-electron chi connectivity index (χ1n) is 9.36. The molecule has 0 aromatic heterocycles. The van der Waals surface area contributed by atoms with Gasteiger partial charge in [0, 0.05) is 24.7 Å². The van der Waals surface area contributed by atoms with Gasteiger partial charge in [-0.3, -0.25) is 19.3 Å². The number of benzene rings is 2. The molecule has 0 unspecified atom stereocenters. The molecule has 3 amide bonds. The van der Waals surface area contributed by atoms with E-state index in [1.807, 2.05) is 0 Å². The highest BCUT2D eigenvalue weighted by molar-refractivity contribution is 8.18. The van der Waals surface area contributed by atoms with E-state index in [4.69, 9.17) is 14.2 Å². The van der Waals surface area contributed by atoms with Crippen LogP contribution in [0.5, 0.6) is 17.2 Å². The summed E-state index contributed by atoms with van der Waals surface area (Å²) in [6.45, 7) is 0.184. The molecule has 2 aromatic rings. The van der Waals surface area contributed by atoms with Crippen LogP contribution in [0, 0.1) is 0 Å². The Bertz CT molecular complexity index is 997. The predicted molar refractivity (Wildman–Crippen MR) is 118 cm³/mol. The number of rotatable bonds is 8. The number of amides is 3. The summed E-state index contributed by atoms with van der Waals surface area (Å²) in [5.74, 6) is 0.925. The van der Waals surface area contributed by atoms with E-state index in [0.717, 1.165) is 22.2 Å². The highest BCUT2D eigenvalue weighted by Crippen LogP contribution is 2.32. The Hall–Kier alpha value is -3.46. The molecule has 1 N–H and O–H groups in total. The SMILES string of the molecule is COc1ccc(/C=C2\SC(=O)N(CCNC(=O)c3cc(OC)cc(OC)c3)C2=O)cc1. The Morgan fingerprint density at radius 3 is 2.16 bits per heavy atom. The summed E-state index contributed by atoms with van der Waals surface area (Å²) in [6, 6.07) is 12.0. The number of hydrogen-bond donors (Lipinski definition) is 1. The first-order valence-corrected chi connectivity index (χ1v) is 10.2. The van der Waals surface area contributed by atoms with Gasteiger partial charge in [-0.25, -0.2) is 0 Å². The van der Waals surface area contributed by atoms with Gasteiger partial charge in [0.2, 0.25) is 0 Å². The molecule has 9 heteroatoms. The summed E-state index contributed by atoms with van der Waals surface area (Å²) in [6.07, 6.45) is 1.66. The van der Waals surface area contributed by atoms with E-state index >= 15 is 0 Å². The van der Waals surface area contributed by atoms with Crippen LogP contribution in [0.15, 0.2) is 47.4 Å². The average Bonchev–Trinajstić information content (AvgIpc) is 3.06. The van der Waals surface area contributed by atoms with Crippen LogP contribution in [0.2, 0.25) is 0 Å². The van der Waals surface area contributed by atoms with E-state index in [9.17, 15) is 14.4 Å². The van der Waals surface area contributed by atoms with Crippen molar-refractivity contribution < 1.29 is 28.6 Å². The third kappa shape index (κ3) is 5.37. The van der Waals surface area contributed by atoms with Crippen LogP contribution in [-0.4, -0.2) is 56.4 Å². The van der Waals surface area contributed by atoms with Crippen LogP contribution in [0.4, 0.5) is 4.79 Å². The van der Waals surface area contributed by atoms with Crippen molar-refractivity contribution in [1.29, 1.82) is 0 Å². The van der Waals surface area contributed by atoms with Gasteiger partial charge in [-0.1, -0.05) is 12.1 Å². The summed E-state index contributed by atoms with van der Waals surface area (Å²) in [5.41, 5.74) is 1.14. The third-order valence-corrected chi connectivity index (χ3v) is 5.43. The lowest BCUT2D eigenvalue weighted by Crippen LogP contribution is -2.37. The molecule has 0 aliphatic carbocycles. The van der Waals surface area contributed by atoms with Crippen LogP contribution in [0.3, 0.4) is 0 Å². The van der Waals surface area contributed by atoms with Gasteiger partial charge in [0.25, 0.3) is 17.1 Å². The van der Waals surface area contributed by atoms with Crippen molar-refractivity contribution in [2.24, 2.45) is 0 Å². The number of ether oxygens (including phenoxy) is 3. The van der Waals surface area contributed by atoms with E-state index in [-0.39, 0.29) is 30.1 Å². The second kappa shape index (κ2) is 10.0. The van der Waals surface area contributed by atoms with Crippen LogP contribution < -0.4 is 19.5 Å². The number of methoxy groups -OCH3 is 3. The fourth-order valence-electron chi connectivity index (χ4n) is 2.87. The number of thioether (sulfide) groups is 1. The van der Waals surface area contributed by atoms with Crippen molar-refractivity contribution >= 4 is 34.9 Å². The Balaban J connectivity index is 1.60. The minimum Gasteiger partial charge on any atom is -0.497 e. The zero-order valence-electron chi connectivity index (χ0n) is 17.3. The van der Waals surface area contributed by atoms with E-state index in [1.54, 1.807) is 55.7 Å². The van der Waals surface area contributed by atoms with Crippen molar-refractivity contribution in [1.82, 2.24) is 10.2 Å². The van der Waals surface area contributed by atoms with Gasteiger partial charge in [0.05, 0.1) is 26.2 Å². The first-order chi connectivity index (χ1) is 14.9. The van der Waals surface area contributed by atoms with Gasteiger partial charge in [-0.05, 0) is 47.7 Å². The second-order valence-corrected chi connectivity index (χ2v) is 7.46. The number of carbonyl (C=O) groups is 3. The molecular formula is C22H22N2O6S. The highest BCUT2D eigenvalue weighted by Gasteiger charge is 2.34. The minimum atomic E-state index is -0.386. The maximum Gasteiger partial charge on any atom is 0.293 e. The van der Waals surface area contributed by atoms with Crippen molar-refractivity contribution in [2.75, 3.05) is 34.4 Å². The molecule has 0 saturated carbocycles. The van der Waals surface area contributed by atoms with Crippen molar-refractivity contribution in [2.45, 2.75) is 0 Å². The van der Waals surface area contributed by atoms with E-state index in [1.165, 1.54) is 14.2 Å². The van der Waals surface area contributed by atoms with Crippen molar-refractivity contribution in [3.05, 3.63) is 58.5 Å². The van der Waals surface area contributed by atoms with Gasteiger partial charge < -0.3 is 19.5 Å². The molecule has 0 atom stereocenters. The number of imide groups is 1. The molecule has 1 fully saturated rings. The summed E-state index contributed by atoms with van der Waals surface area (Å²) in [7, 11) is 4.56. The van der Waals surface area contributed by atoms with Crippen molar-refractivity contribution in [3.63, 3.8) is 0 Å². The standard InChI is InChI=1S/C22H22N2O6S/c1-28-16-6-4-14(5-7-16)10-19-21(26)24(22(27)31-19)9-8-23-20(25)15-11-17(29-2)13-18(12-15)30-3/h4-7,10-13H,8-9H2,1-3H3,(H,23,25)/b19-10-. The summed E-state index contributed by atoms with van der Waals surface area (Å²) >= 11 is 0.873. The molecule has 0 bridgehead atoms. The first kappa shape index (κ1) is 22.2. The van der Waals surface area contributed by atoms with E-state index in [2.05, 4.69) is 5.32 Å². The smallest absolute Gasteiger partial charge is 0.293 e. The third-order valence-electron chi connectivity index (χ3n) is 4.52. The monoisotopic (exact) mass is 442 g/mol. The summed E-state index contributed by atoms with van der Waals surface area (Å²) < 4.78 is 15.4. The van der Waals surface area contributed by atoms with E-state index < -0.39 is 0 Å². The lowest BCUT2D eigenvalue weighted by molar-refractivity contribution is -0.122. The van der Waals surface area contributed by atoms with Gasteiger partial charge in [-0.2, -0.15) is 0 Å². The zero-order chi connectivity index (χ0) is 22.4. The molecule has 0 radical (unpaired) electrons. The molecule has 0 spiro atoms. The molecule has 1 aliphatic heterocycles. The van der Waals surface area contributed by atoms with Gasteiger partial charge in [0.1, 0.15) is 17.2 Å². The topological polar surface area (TPSA) is 94.2 Å². The van der Waals surface area contributed by atoms with Crippen LogP contribution in [-0.2, 0) is 4.79 Å². The molecule has 31 heavy (non-hydrogen) atoms. The minimum absolute atomic E-state index is 0.0669. The number of nitrogens with zero attached hydrogens (tertiary/aromatic N) is 1. The Morgan fingerprint density at radius 1 is 0.968 bits per heavy atom. The molecule has 2 aromatic carbocycles. The molecule has 1 aliphatic rings. The van der Waals surface area contributed by atoms with Crippen LogP contribution in [0.1, 0.15) is 15.9 Å². The fraction of sp³-hybridized carbons (Fsp3) is 0.227. The average molecular weight is 442 g/mol. The second-order valence-electron chi connectivity index (χ2n) is 6.46. The number of nitrogens with one attached hydrogen (secondary N) is 1. The van der Waals surface area contributed by atoms with Crippen LogP contribution >= 0.6 is 11.8 Å². The summed E-state index contributed by atoms with van der Waals surface area (Å²) in [5, 5.41) is 2.33. The Kier molecular flexibility index (Phi) is 7.19. The van der Waals surface area contributed by atoms with Gasteiger partial charge >= 0.3 is 0 Å². The maximum atomic E-state index is 12.6. The predicted octanol–water partition coefficient (Wildman–Crippen LogP) is 3.18. The quantitative estimate of drug-likeness (QED) is 0.628. The molecule has 8 nitrogen and oxygen atoms in total. The van der Waals surface area contributed by atoms with Gasteiger partial charge in [0.15, 0.2) is 0 Å². The molecule has 1 heterocycles. The molecule has 3 rings (SSSR count). The lowest BCUT2D eigenvalue weighted by Gasteiger charge is -2.13. The van der Waals surface area contributed by atoms with Gasteiger partial charge in [-0.15, -0.1) is 0 Å². The van der Waals surface area contributed by atoms with E-state index in [0.29, 0.717) is 27.7 Å². The van der Waals surface area contributed by atoms with Crippen LogP contribution in [0.25, 0.3) is 6.08 Å². The zero-order valence-corrected chi connectivity index (χ0v) is 18.2. The Morgan fingerprint density at radius 2 is 1.58 bits per heavy atom. The molecule has 1 saturated heterocycles. The fourth-order valence-corrected chi connectivity index (χ4v) is 3.73. The Labute approximate surface area is 184 Å². The largest absolute Gasteiger partial charge is 0.497 e. The van der Waals surface area contributed by atoms with Crippen molar-refractivity contribution in [3.8, 4) is 17.2 Å². The number of carbonyl (C=O) groups excluding carboxylic acids is 3. The molecular weight excluding hydrogens is 420 g/mol. The summed E-state index contributed by atoms with van der Waals surface area (Å²) in [4.78, 5) is 38.7.